The van der Waals surface area contributed by atoms with Crippen LogP contribution in [0.4, 0.5) is 4.39 Å². The Morgan fingerprint density at radius 1 is 1.03 bits per heavy atom. The molecule has 1 amide bonds. The van der Waals surface area contributed by atoms with Gasteiger partial charge >= 0.3 is 5.97 Å². The molecular weight excluding hydrogens is 371 g/mol. The van der Waals surface area contributed by atoms with E-state index in [2.05, 4.69) is 10.3 Å². The van der Waals surface area contributed by atoms with Crippen molar-refractivity contribution in [3.63, 3.8) is 0 Å². The van der Waals surface area contributed by atoms with Crippen LogP contribution >= 0.6 is 0 Å². The minimum absolute atomic E-state index is 0.345. The van der Waals surface area contributed by atoms with Crippen molar-refractivity contribution in [3.05, 3.63) is 83.8 Å². The number of benzene rings is 2. The summed E-state index contributed by atoms with van der Waals surface area (Å²) in [6.45, 7) is 3.26. The number of pyridine rings is 1. The van der Waals surface area contributed by atoms with Crippen LogP contribution in [0.1, 0.15) is 31.1 Å². The normalized spacial score (nSPS) is 13.2. The molecule has 0 unspecified atom stereocenters. The second-order valence-corrected chi connectivity index (χ2v) is 6.62. The Bertz CT molecular complexity index is 1050. The van der Waals surface area contributed by atoms with E-state index in [4.69, 9.17) is 4.74 Å². The lowest BCUT2D eigenvalue weighted by Crippen LogP contribution is -2.37. The molecule has 0 saturated heterocycles. The molecule has 6 heteroatoms. The number of rotatable bonds is 6. The molecule has 0 aliphatic heterocycles. The SMILES string of the molecule is C[C@H](OC(=O)/C=C\c1ccc2ccccc2n1)C(=O)N[C@H](C)c1ccc(F)cc1. The number of nitrogens with zero attached hydrogens (tertiary/aromatic N) is 1. The number of esters is 1. The zero-order chi connectivity index (χ0) is 20.8. The maximum Gasteiger partial charge on any atom is 0.331 e. The van der Waals surface area contributed by atoms with E-state index in [9.17, 15) is 14.0 Å². The van der Waals surface area contributed by atoms with Crippen LogP contribution < -0.4 is 5.32 Å². The van der Waals surface area contributed by atoms with Crippen LogP contribution in [0.25, 0.3) is 17.0 Å². The molecule has 1 aromatic heterocycles. The highest BCUT2D eigenvalue weighted by Crippen LogP contribution is 2.14. The minimum Gasteiger partial charge on any atom is -0.449 e. The van der Waals surface area contributed by atoms with Gasteiger partial charge in [0, 0.05) is 11.5 Å². The summed E-state index contributed by atoms with van der Waals surface area (Å²) in [6.07, 6.45) is 1.81. The van der Waals surface area contributed by atoms with Gasteiger partial charge in [0.2, 0.25) is 0 Å². The Labute approximate surface area is 168 Å². The minimum atomic E-state index is -0.973. The van der Waals surface area contributed by atoms with Crippen LogP contribution in [-0.2, 0) is 14.3 Å². The molecule has 0 aliphatic rings. The number of nitrogens with one attached hydrogen (secondary N) is 1. The first-order chi connectivity index (χ1) is 13.9. The van der Waals surface area contributed by atoms with Crippen molar-refractivity contribution in [2.75, 3.05) is 0 Å². The first kappa shape index (κ1) is 20.2. The summed E-state index contributed by atoms with van der Waals surface area (Å²) in [5.41, 5.74) is 2.19. The van der Waals surface area contributed by atoms with Gasteiger partial charge in [-0.1, -0.05) is 36.4 Å². The number of para-hydroxylation sites is 1. The first-order valence-corrected chi connectivity index (χ1v) is 9.23. The van der Waals surface area contributed by atoms with Crippen LogP contribution in [0, 0.1) is 5.82 Å². The number of hydrogen-bond acceptors (Lipinski definition) is 4. The van der Waals surface area contributed by atoms with Gasteiger partial charge < -0.3 is 10.1 Å². The fraction of sp³-hybridized carbons (Fsp3) is 0.174. The van der Waals surface area contributed by atoms with Gasteiger partial charge in [0.1, 0.15) is 5.82 Å². The van der Waals surface area contributed by atoms with Crippen molar-refractivity contribution in [3.8, 4) is 0 Å². The maximum absolute atomic E-state index is 13.0. The fourth-order valence-electron chi connectivity index (χ4n) is 2.76. The molecule has 0 aliphatic carbocycles. The lowest BCUT2D eigenvalue weighted by molar-refractivity contribution is -0.150. The van der Waals surface area contributed by atoms with Crippen molar-refractivity contribution < 1.29 is 18.7 Å². The third kappa shape index (κ3) is 5.48. The number of amides is 1. The van der Waals surface area contributed by atoms with Gasteiger partial charge in [0.25, 0.3) is 5.91 Å². The molecule has 29 heavy (non-hydrogen) atoms. The Hall–Kier alpha value is -3.54. The summed E-state index contributed by atoms with van der Waals surface area (Å²) >= 11 is 0. The number of halogens is 1. The Morgan fingerprint density at radius 3 is 2.52 bits per heavy atom. The topological polar surface area (TPSA) is 68.3 Å². The number of carbonyl (C=O) groups excluding carboxylic acids is 2. The van der Waals surface area contributed by atoms with E-state index in [1.807, 2.05) is 30.3 Å². The van der Waals surface area contributed by atoms with Crippen molar-refractivity contribution in [1.29, 1.82) is 0 Å². The molecule has 2 aromatic carbocycles. The number of aromatic nitrogens is 1. The van der Waals surface area contributed by atoms with Gasteiger partial charge in [-0.05, 0) is 49.8 Å². The van der Waals surface area contributed by atoms with E-state index in [-0.39, 0.29) is 11.9 Å². The molecule has 2 atom stereocenters. The molecule has 1 heterocycles. The Balaban J connectivity index is 1.55. The van der Waals surface area contributed by atoms with Crippen LogP contribution in [0.3, 0.4) is 0 Å². The molecule has 3 rings (SSSR count). The van der Waals surface area contributed by atoms with Gasteiger partial charge in [0.05, 0.1) is 17.3 Å². The third-order valence-electron chi connectivity index (χ3n) is 4.40. The molecule has 148 valence electrons. The summed E-state index contributed by atoms with van der Waals surface area (Å²) in [4.78, 5) is 28.7. The van der Waals surface area contributed by atoms with E-state index in [0.29, 0.717) is 5.69 Å². The van der Waals surface area contributed by atoms with Gasteiger partial charge in [-0.25, -0.2) is 14.2 Å². The molecule has 0 fully saturated rings. The Morgan fingerprint density at radius 2 is 1.76 bits per heavy atom. The molecule has 0 spiro atoms. The van der Waals surface area contributed by atoms with Crippen LogP contribution in [0.15, 0.2) is 66.7 Å². The quantitative estimate of drug-likeness (QED) is 0.504. The highest BCUT2D eigenvalue weighted by molar-refractivity contribution is 5.90. The molecule has 0 radical (unpaired) electrons. The molecule has 0 saturated carbocycles. The first-order valence-electron chi connectivity index (χ1n) is 9.23. The molecule has 3 aromatic rings. The van der Waals surface area contributed by atoms with Gasteiger partial charge in [-0.3, -0.25) is 4.79 Å². The standard InChI is InChI=1S/C23H21FN2O3/c1-15(17-7-10-19(24)11-8-17)25-23(28)16(2)29-22(27)14-13-20-12-9-18-5-3-4-6-21(18)26-20/h3-16H,1-2H3,(H,25,28)/b14-13-/t15-,16+/m1/s1. The van der Waals surface area contributed by atoms with Gasteiger partial charge in [-0.2, -0.15) is 0 Å². The highest BCUT2D eigenvalue weighted by atomic mass is 19.1. The lowest BCUT2D eigenvalue weighted by atomic mass is 10.1. The summed E-state index contributed by atoms with van der Waals surface area (Å²) in [7, 11) is 0. The van der Waals surface area contributed by atoms with Crippen molar-refractivity contribution in [2.45, 2.75) is 26.0 Å². The summed E-state index contributed by atoms with van der Waals surface area (Å²) in [5.74, 6) is -1.42. The monoisotopic (exact) mass is 392 g/mol. The zero-order valence-corrected chi connectivity index (χ0v) is 16.1. The number of hydrogen-bond donors (Lipinski definition) is 1. The zero-order valence-electron chi connectivity index (χ0n) is 16.1. The maximum atomic E-state index is 13.0. The number of fused-ring (bicyclic) bond motifs is 1. The largest absolute Gasteiger partial charge is 0.449 e. The second kappa shape index (κ2) is 9.10. The van der Waals surface area contributed by atoms with Crippen molar-refractivity contribution >= 4 is 28.9 Å². The predicted octanol–water partition coefficient (Wildman–Crippen LogP) is 4.20. The van der Waals surface area contributed by atoms with E-state index >= 15 is 0 Å². The van der Waals surface area contributed by atoms with E-state index in [1.54, 1.807) is 31.2 Å². The second-order valence-electron chi connectivity index (χ2n) is 6.62. The molecule has 1 N–H and O–H groups in total. The third-order valence-corrected chi connectivity index (χ3v) is 4.40. The highest BCUT2D eigenvalue weighted by Gasteiger charge is 2.19. The lowest BCUT2D eigenvalue weighted by Gasteiger charge is -2.17. The van der Waals surface area contributed by atoms with Crippen LogP contribution in [0.2, 0.25) is 0 Å². The smallest absolute Gasteiger partial charge is 0.331 e. The van der Waals surface area contributed by atoms with E-state index < -0.39 is 18.0 Å². The van der Waals surface area contributed by atoms with Crippen LogP contribution in [0.5, 0.6) is 0 Å². The fourth-order valence-corrected chi connectivity index (χ4v) is 2.76. The summed E-state index contributed by atoms with van der Waals surface area (Å²) in [6, 6.07) is 16.9. The van der Waals surface area contributed by atoms with Crippen LogP contribution in [-0.4, -0.2) is 23.0 Å². The van der Waals surface area contributed by atoms with Crippen molar-refractivity contribution in [1.82, 2.24) is 10.3 Å². The predicted molar refractivity (Wildman–Crippen MR) is 109 cm³/mol. The number of carbonyl (C=O) groups is 2. The summed E-state index contributed by atoms with van der Waals surface area (Å²) in [5, 5.41) is 3.75. The molecule has 0 bridgehead atoms. The molecule has 5 nitrogen and oxygen atoms in total. The Kier molecular flexibility index (Phi) is 6.34. The van der Waals surface area contributed by atoms with Gasteiger partial charge in [-0.15, -0.1) is 0 Å². The molecular formula is C23H21FN2O3. The van der Waals surface area contributed by atoms with Crippen molar-refractivity contribution in [2.24, 2.45) is 0 Å². The van der Waals surface area contributed by atoms with Gasteiger partial charge in [0.15, 0.2) is 6.10 Å². The summed E-state index contributed by atoms with van der Waals surface area (Å²) < 4.78 is 18.2. The van der Waals surface area contributed by atoms with E-state index in [1.165, 1.54) is 25.1 Å². The average molecular weight is 392 g/mol. The number of ether oxygens (including phenoxy) is 1. The average Bonchev–Trinajstić information content (AvgIpc) is 2.72. The van der Waals surface area contributed by atoms with E-state index in [0.717, 1.165) is 16.5 Å².